The fourth-order valence-electron chi connectivity index (χ4n) is 1.77. The monoisotopic (exact) mass is 461 g/mol. The van der Waals surface area contributed by atoms with Crippen LogP contribution in [0.5, 0.6) is 0 Å². The maximum atomic E-state index is 9.98. The van der Waals surface area contributed by atoms with Gasteiger partial charge >= 0.3 is 21.7 Å². The van der Waals surface area contributed by atoms with E-state index >= 15 is 0 Å². The standard InChI is InChI=1S/3C5H11NO2.C5H5.Ti/c3*1-3-6(4-2)5(7)8;1-2-4-5-3-1;/h3*3-4H2,1-2H3,(H,7,8);1-5H;/q;;;-1;+4/p-3. The summed E-state index contributed by atoms with van der Waals surface area (Å²) in [5.41, 5.74) is 0. The van der Waals surface area contributed by atoms with Crippen LogP contribution >= 0.6 is 0 Å². The summed E-state index contributed by atoms with van der Waals surface area (Å²) < 4.78 is 0. The van der Waals surface area contributed by atoms with Gasteiger partial charge in [-0.2, -0.15) is 18.2 Å². The molecule has 30 heavy (non-hydrogen) atoms. The van der Waals surface area contributed by atoms with Gasteiger partial charge in [0.25, 0.3) is 0 Å². The van der Waals surface area contributed by atoms with Gasteiger partial charge in [0, 0.05) is 39.3 Å². The van der Waals surface area contributed by atoms with Crippen LogP contribution in [0.3, 0.4) is 0 Å². The van der Waals surface area contributed by atoms with E-state index in [9.17, 15) is 29.7 Å². The molecule has 0 spiro atoms. The van der Waals surface area contributed by atoms with Crippen LogP contribution in [-0.2, 0) is 21.7 Å². The largest absolute Gasteiger partial charge is 4.00 e. The summed E-state index contributed by atoms with van der Waals surface area (Å²) in [5.74, 6) is 0. The van der Waals surface area contributed by atoms with E-state index in [1.165, 1.54) is 14.7 Å². The molecule has 0 aromatic heterocycles. The van der Waals surface area contributed by atoms with Crippen LogP contribution in [0, 0.1) is 0 Å². The van der Waals surface area contributed by atoms with Gasteiger partial charge in [0.15, 0.2) is 0 Å². The van der Waals surface area contributed by atoms with Crippen molar-refractivity contribution in [1.82, 2.24) is 14.7 Å². The second-order valence-corrected chi connectivity index (χ2v) is 5.28. The molecule has 0 aliphatic carbocycles. The molecule has 0 aliphatic heterocycles. The number of amides is 3. The molecule has 0 heterocycles. The molecule has 9 nitrogen and oxygen atoms in total. The average Bonchev–Trinajstić information content (AvgIpc) is 3.25. The van der Waals surface area contributed by atoms with E-state index in [1.54, 1.807) is 41.5 Å². The van der Waals surface area contributed by atoms with E-state index in [2.05, 4.69) is 0 Å². The Kier molecular flexibility index (Phi) is 29.3. The second kappa shape index (κ2) is 24.9. The van der Waals surface area contributed by atoms with Crippen molar-refractivity contribution in [2.24, 2.45) is 0 Å². The number of hydrogen-bond acceptors (Lipinski definition) is 6. The van der Waals surface area contributed by atoms with Crippen LogP contribution in [0.4, 0.5) is 14.4 Å². The van der Waals surface area contributed by atoms with Crippen LogP contribution in [-0.4, -0.2) is 72.2 Å². The summed E-state index contributed by atoms with van der Waals surface area (Å²) in [5, 5.41) is 29.9. The molecule has 10 heteroatoms. The van der Waals surface area contributed by atoms with Crippen LogP contribution < -0.4 is 15.3 Å². The Morgan fingerprint density at radius 3 is 0.833 bits per heavy atom. The van der Waals surface area contributed by atoms with Crippen LogP contribution in [0.25, 0.3) is 0 Å². The molecule has 1 aromatic carbocycles. The van der Waals surface area contributed by atoms with Gasteiger partial charge in [-0.25, -0.2) is 12.1 Å². The van der Waals surface area contributed by atoms with E-state index in [1.807, 2.05) is 30.3 Å². The number of hydrogen-bond donors (Lipinski definition) is 0. The van der Waals surface area contributed by atoms with Gasteiger partial charge in [0.2, 0.25) is 0 Å². The minimum atomic E-state index is -1.09. The molecule has 0 saturated carbocycles. The first-order valence-corrected chi connectivity index (χ1v) is 9.70. The molecular formula is C20H35N3O6Ti. The fourth-order valence-corrected chi connectivity index (χ4v) is 1.77. The van der Waals surface area contributed by atoms with Crippen molar-refractivity contribution >= 4 is 18.3 Å². The molecular weight excluding hydrogens is 426 g/mol. The Morgan fingerprint density at radius 2 is 0.800 bits per heavy atom. The predicted octanol–water partition coefficient (Wildman–Crippen LogP) is 0.418. The number of rotatable bonds is 6. The summed E-state index contributed by atoms with van der Waals surface area (Å²) in [6, 6.07) is 10.0. The average molecular weight is 461 g/mol. The first kappa shape index (κ1) is 35.3. The van der Waals surface area contributed by atoms with Gasteiger partial charge in [-0.3, -0.25) is 0 Å². The number of carbonyl (C=O) groups is 3. The molecule has 170 valence electrons. The summed E-state index contributed by atoms with van der Waals surface area (Å²) in [4.78, 5) is 33.6. The van der Waals surface area contributed by atoms with Crippen molar-refractivity contribution in [1.29, 1.82) is 0 Å². The van der Waals surface area contributed by atoms with Gasteiger partial charge in [-0.1, -0.05) is 0 Å². The van der Waals surface area contributed by atoms with E-state index in [0.717, 1.165) is 0 Å². The summed E-state index contributed by atoms with van der Waals surface area (Å²) in [6.07, 6.45) is -3.26. The summed E-state index contributed by atoms with van der Waals surface area (Å²) in [7, 11) is 0. The number of nitrogens with zero attached hydrogens (tertiary/aromatic N) is 3. The van der Waals surface area contributed by atoms with Crippen molar-refractivity contribution in [3.8, 4) is 0 Å². The zero-order valence-electron chi connectivity index (χ0n) is 18.9. The minimum Gasteiger partial charge on any atom is -0.530 e. The molecule has 0 radical (unpaired) electrons. The number of carboxylic acid groups (broad SMARTS) is 3. The second-order valence-electron chi connectivity index (χ2n) is 5.28. The van der Waals surface area contributed by atoms with E-state index in [0.29, 0.717) is 39.3 Å². The Bertz CT molecular complexity index is 433. The zero-order valence-corrected chi connectivity index (χ0v) is 20.5. The molecule has 0 aliphatic rings. The van der Waals surface area contributed by atoms with Gasteiger partial charge < -0.3 is 44.4 Å². The third-order valence-corrected chi connectivity index (χ3v) is 3.62. The van der Waals surface area contributed by atoms with E-state index in [-0.39, 0.29) is 21.7 Å². The van der Waals surface area contributed by atoms with Crippen molar-refractivity contribution in [2.75, 3.05) is 39.3 Å². The van der Waals surface area contributed by atoms with Crippen molar-refractivity contribution < 1.29 is 51.4 Å². The van der Waals surface area contributed by atoms with Crippen molar-refractivity contribution in [3.63, 3.8) is 0 Å². The van der Waals surface area contributed by atoms with Gasteiger partial charge in [-0.15, -0.1) is 0 Å². The first-order chi connectivity index (χ1) is 13.7. The molecule has 3 amide bonds. The van der Waals surface area contributed by atoms with Gasteiger partial charge in [-0.05, 0) is 41.5 Å². The molecule has 0 saturated heterocycles. The van der Waals surface area contributed by atoms with Crippen molar-refractivity contribution in [2.45, 2.75) is 41.5 Å². The van der Waals surface area contributed by atoms with Crippen LogP contribution in [0.1, 0.15) is 41.5 Å². The number of carbonyl (C=O) groups excluding carboxylic acids is 3. The maximum Gasteiger partial charge on any atom is 4.00 e. The zero-order chi connectivity index (χ0) is 23.2. The fraction of sp³-hybridized carbons (Fsp3) is 0.600. The maximum absolute atomic E-state index is 9.98. The molecule has 0 atom stereocenters. The molecule has 0 N–H and O–H groups in total. The third-order valence-electron chi connectivity index (χ3n) is 3.62. The smallest absolute Gasteiger partial charge is 0.530 e. The Morgan fingerprint density at radius 1 is 0.600 bits per heavy atom. The third kappa shape index (κ3) is 22.2. The van der Waals surface area contributed by atoms with Gasteiger partial charge in [0.1, 0.15) is 18.3 Å². The van der Waals surface area contributed by atoms with Crippen LogP contribution in [0.15, 0.2) is 30.3 Å². The Labute approximate surface area is 195 Å². The SMILES string of the molecule is CCN(CC)C(=O)[O-].CCN(CC)C(=O)[O-].CCN(CC)C(=O)[O-].[Ti+4].c1cc[cH-]c1. The molecule has 1 aromatic rings. The Balaban J connectivity index is -0.000000150. The van der Waals surface area contributed by atoms with E-state index < -0.39 is 18.3 Å². The first-order valence-electron chi connectivity index (χ1n) is 9.70. The Hall–Kier alpha value is -2.13. The minimum absolute atomic E-state index is 0. The van der Waals surface area contributed by atoms with Crippen molar-refractivity contribution in [3.05, 3.63) is 30.3 Å². The van der Waals surface area contributed by atoms with Gasteiger partial charge in [0.05, 0.1) is 0 Å². The predicted molar refractivity (Wildman–Crippen MR) is 107 cm³/mol. The molecule has 1 rings (SSSR count). The van der Waals surface area contributed by atoms with Crippen LogP contribution in [0.2, 0.25) is 0 Å². The normalized spacial score (nSPS) is 8.33. The molecule has 0 bridgehead atoms. The topological polar surface area (TPSA) is 130 Å². The summed E-state index contributed by atoms with van der Waals surface area (Å²) in [6.45, 7) is 13.7. The quantitative estimate of drug-likeness (QED) is 0.446. The van der Waals surface area contributed by atoms with E-state index in [4.69, 9.17) is 0 Å². The molecule has 0 unspecified atom stereocenters. The molecule has 0 fully saturated rings. The summed E-state index contributed by atoms with van der Waals surface area (Å²) >= 11 is 0.